The molecule has 1 aliphatic rings. The molecule has 1 unspecified atom stereocenters. The summed E-state index contributed by atoms with van der Waals surface area (Å²) in [6.45, 7) is 4.01. The molecule has 1 heterocycles. The molecule has 0 spiro atoms. The number of nitrogens with zero attached hydrogens (tertiary/aromatic N) is 3. The predicted octanol–water partition coefficient (Wildman–Crippen LogP) is 2.79. The Bertz CT molecular complexity index is 492. The minimum Gasteiger partial charge on any atom is -0.356 e. The Balaban J connectivity index is 0.00000264. The standard InChI is InChI=1S/C17H27FN4.HI/c1-19-17(20-11-15-5-4-10-21(2)12-15)22(3)13-14-6-8-16(18)9-7-14;/h6-9,15H,4-5,10-13H2,1-3H3,(H,19,20);1H. The van der Waals surface area contributed by atoms with E-state index in [4.69, 9.17) is 0 Å². The van der Waals surface area contributed by atoms with Gasteiger partial charge in [0.1, 0.15) is 5.82 Å². The van der Waals surface area contributed by atoms with Crippen molar-refractivity contribution in [3.63, 3.8) is 0 Å². The highest BCUT2D eigenvalue weighted by atomic mass is 127. The summed E-state index contributed by atoms with van der Waals surface area (Å²) < 4.78 is 13.0. The first-order valence-electron chi connectivity index (χ1n) is 7.93. The second kappa shape index (κ2) is 10.1. The van der Waals surface area contributed by atoms with Gasteiger partial charge in [-0.1, -0.05) is 12.1 Å². The summed E-state index contributed by atoms with van der Waals surface area (Å²) in [6, 6.07) is 6.62. The van der Waals surface area contributed by atoms with E-state index in [9.17, 15) is 4.39 Å². The van der Waals surface area contributed by atoms with Gasteiger partial charge in [-0.3, -0.25) is 4.99 Å². The van der Waals surface area contributed by atoms with Crippen LogP contribution in [0.5, 0.6) is 0 Å². The van der Waals surface area contributed by atoms with E-state index in [2.05, 4.69) is 27.2 Å². The second-order valence-electron chi connectivity index (χ2n) is 6.18. The lowest BCUT2D eigenvalue weighted by Crippen LogP contribution is -2.44. The van der Waals surface area contributed by atoms with E-state index in [1.807, 2.05) is 19.2 Å². The topological polar surface area (TPSA) is 30.9 Å². The normalized spacial score (nSPS) is 19.1. The molecular formula is C17H28FIN4. The zero-order valence-corrected chi connectivity index (χ0v) is 16.6. The first kappa shape index (κ1) is 20.2. The lowest BCUT2D eigenvalue weighted by molar-refractivity contribution is 0.209. The number of halogens is 2. The number of guanidine groups is 1. The molecule has 1 aromatic carbocycles. The summed E-state index contributed by atoms with van der Waals surface area (Å²) in [4.78, 5) is 8.81. The van der Waals surface area contributed by atoms with Crippen molar-refractivity contribution in [3.8, 4) is 0 Å². The molecule has 1 aliphatic heterocycles. The summed E-state index contributed by atoms with van der Waals surface area (Å²) in [5.74, 6) is 1.36. The number of nitrogens with one attached hydrogen (secondary N) is 1. The van der Waals surface area contributed by atoms with Gasteiger partial charge in [0.25, 0.3) is 0 Å². The van der Waals surface area contributed by atoms with Crippen LogP contribution in [0, 0.1) is 11.7 Å². The molecule has 0 amide bonds. The minimum absolute atomic E-state index is 0. The van der Waals surface area contributed by atoms with Crippen LogP contribution in [0.15, 0.2) is 29.3 Å². The maximum atomic E-state index is 13.0. The van der Waals surface area contributed by atoms with E-state index in [1.165, 1.54) is 31.5 Å². The van der Waals surface area contributed by atoms with Gasteiger partial charge >= 0.3 is 0 Å². The third kappa shape index (κ3) is 6.63. The molecule has 0 radical (unpaired) electrons. The van der Waals surface area contributed by atoms with E-state index >= 15 is 0 Å². The first-order chi connectivity index (χ1) is 10.6. The number of benzene rings is 1. The fourth-order valence-corrected chi connectivity index (χ4v) is 3.00. The van der Waals surface area contributed by atoms with Gasteiger partial charge < -0.3 is 15.1 Å². The highest BCUT2D eigenvalue weighted by molar-refractivity contribution is 14.0. The van der Waals surface area contributed by atoms with Crippen molar-refractivity contribution in [3.05, 3.63) is 35.6 Å². The Morgan fingerprint density at radius 2 is 2.09 bits per heavy atom. The summed E-state index contributed by atoms with van der Waals surface area (Å²) in [6.07, 6.45) is 2.54. The Morgan fingerprint density at radius 1 is 1.39 bits per heavy atom. The van der Waals surface area contributed by atoms with Gasteiger partial charge in [-0.05, 0) is 50.0 Å². The van der Waals surface area contributed by atoms with E-state index in [0.717, 1.165) is 24.6 Å². The molecule has 0 aliphatic carbocycles. The molecule has 0 aromatic heterocycles. The second-order valence-corrected chi connectivity index (χ2v) is 6.18. The van der Waals surface area contributed by atoms with Gasteiger partial charge in [0.2, 0.25) is 0 Å². The molecule has 2 rings (SSSR count). The summed E-state index contributed by atoms with van der Waals surface area (Å²) >= 11 is 0. The van der Waals surface area contributed by atoms with E-state index < -0.39 is 0 Å². The molecule has 1 fully saturated rings. The molecule has 23 heavy (non-hydrogen) atoms. The van der Waals surface area contributed by atoms with Crippen molar-refractivity contribution in [2.75, 3.05) is 40.8 Å². The highest BCUT2D eigenvalue weighted by Crippen LogP contribution is 2.14. The van der Waals surface area contributed by atoms with Crippen LogP contribution in [0.3, 0.4) is 0 Å². The maximum Gasteiger partial charge on any atom is 0.193 e. The molecule has 1 N–H and O–H groups in total. The average Bonchev–Trinajstić information content (AvgIpc) is 2.50. The lowest BCUT2D eigenvalue weighted by atomic mass is 9.98. The van der Waals surface area contributed by atoms with Crippen molar-refractivity contribution in [2.45, 2.75) is 19.4 Å². The minimum atomic E-state index is -0.199. The first-order valence-corrected chi connectivity index (χ1v) is 7.93. The van der Waals surface area contributed by atoms with Crippen molar-refractivity contribution in [2.24, 2.45) is 10.9 Å². The fourth-order valence-electron chi connectivity index (χ4n) is 3.00. The SMILES string of the molecule is CN=C(NCC1CCCN(C)C1)N(C)Cc1ccc(F)cc1.I. The third-order valence-corrected chi connectivity index (χ3v) is 4.18. The number of hydrogen-bond donors (Lipinski definition) is 1. The smallest absolute Gasteiger partial charge is 0.193 e. The van der Waals surface area contributed by atoms with Gasteiger partial charge in [-0.25, -0.2) is 4.39 Å². The van der Waals surface area contributed by atoms with Crippen molar-refractivity contribution < 1.29 is 4.39 Å². The molecule has 0 saturated carbocycles. The van der Waals surface area contributed by atoms with Crippen LogP contribution in [0.25, 0.3) is 0 Å². The average molecular weight is 434 g/mol. The molecule has 130 valence electrons. The monoisotopic (exact) mass is 434 g/mol. The molecular weight excluding hydrogens is 406 g/mol. The van der Waals surface area contributed by atoms with Crippen LogP contribution >= 0.6 is 24.0 Å². The summed E-state index contributed by atoms with van der Waals surface area (Å²) in [5, 5.41) is 3.47. The van der Waals surface area contributed by atoms with Crippen LogP contribution in [0.1, 0.15) is 18.4 Å². The maximum absolute atomic E-state index is 13.0. The van der Waals surface area contributed by atoms with Crippen molar-refractivity contribution >= 4 is 29.9 Å². The Labute approximate surface area is 156 Å². The number of aliphatic imine (C=N–C) groups is 1. The van der Waals surface area contributed by atoms with Crippen LogP contribution in [0.2, 0.25) is 0 Å². The summed E-state index contributed by atoms with van der Waals surface area (Å²) in [5.41, 5.74) is 1.07. The number of piperidine rings is 1. The van der Waals surface area contributed by atoms with Crippen molar-refractivity contribution in [1.29, 1.82) is 0 Å². The quantitative estimate of drug-likeness (QED) is 0.449. The lowest BCUT2D eigenvalue weighted by Gasteiger charge is -2.31. The Hall–Kier alpha value is -0.890. The Kier molecular flexibility index (Phi) is 8.83. The van der Waals surface area contributed by atoms with Crippen molar-refractivity contribution in [1.82, 2.24) is 15.1 Å². The van der Waals surface area contributed by atoms with E-state index in [-0.39, 0.29) is 29.8 Å². The van der Waals surface area contributed by atoms with Gasteiger partial charge in [0.05, 0.1) is 0 Å². The van der Waals surface area contributed by atoms with Gasteiger partial charge in [-0.2, -0.15) is 0 Å². The highest BCUT2D eigenvalue weighted by Gasteiger charge is 2.18. The third-order valence-electron chi connectivity index (χ3n) is 4.18. The molecule has 1 atom stereocenters. The predicted molar refractivity (Wildman–Crippen MR) is 105 cm³/mol. The molecule has 4 nitrogen and oxygen atoms in total. The van der Waals surface area contributed by atoms with Crippen LogP contribution in [0.4, 0.5) is 4.39 Å². The molecule has 1 saturated heterocycles. The number of likely N-dealkylation sites (tertiary alicyclic amines) is 1. The largest absolute Gasteiger partial charge is 0.356 e. The zero-order chi connectivity index (χ0) is 15.9. The molecule has 0 bridgehead atoms. The van der Waals surface area contributed by atoms with Crippen LogP contribution < -0.4 is 5.32 Å². The van der Waals surface area contributed by atoms with Gasteiger partial charge in [0, 0.05) is 33.7 Å². The zero-order valence-electron chi connectivity index (χ0n) is 14.3. The fraction of sp³-hybridized carbons (Fsp3) is 0.588. The van der Waals surface area contributed by atoms with E-state index in [0.29, 0.717) is 12.5 Å². The van der Waals surface area contributed by atoms with E-state index in [1.54, 1.807) is 7.05 Å². The molecule has 6 heteroatoms. The number of rotatable bonds is 4. The van der Waals surface area contributed by atoms with Crippen LogP contribution in [-0.2, 0) is 6.54 Å². The Morgan fingerprint density at radius 3 is 2.70 bits per heavy atom. The summed E-state index contributed by atoms with van der Waals surface area (Å²) in [7, 11) is 5.99. The molecule has 1 aromatic rings. The van der Waals surface area contributed by atoms with Gasteiger partial charge in [-0.15, -0.1) is 24.0 Å². The van der Waals surface area contributed by atoms with Gasteiger partial charge in [0.15, 0.2) is 5.96 Å². The number of hydrogen-bond acceptors (Lipinski definition) is 2. The van der Waals surface area contributed by atoms with Crippen LogP contribution in [-0.4, -0.2) is 56.5 Å².